The first-order valence-electron chi connectivity index (χ1n) is 12.4. The second-order valence-corrected chi connectivity index (χ2v) is 9.23. The van der Waals surface area contributed by atoms with Crippen LogP contribution in [0, 0.1) is 5.92 Å². The molecule has 1 atom stereocenters. The van der Waals surface area contributed by atoms with Crippen molar-refractivity contribution in [2.24, 2.45) is 5.92 Å². The second-order valence-electron chi connectivity index (χ2n) is 9.23. The number of hydrogen-bond donors (Lipinski definition) is 2. The Morgan fingerprint density at radius 3 is 2.78 bits per heavy atom. The number of ether oxygens (including phenoxy) is 1. The Labute approximate surface area is 210 Å². The van der Waals surface area contributed by atoms with E-state index < -0.39 is 0 Å². The molecule has 1 unspecified atom stereocenters. The van der Waals surface area contributed by atoms with Crippen LogP contribution < -0.4 is 15.4 Å². The fourth-order valence-corrected chi connectivity index (χ4v) is 4.22. The fraction of sp³-hybridized carbons (Fsp3) is 0.321. The first-order chi connectivity index (χ1) is 17.6. The van der Waals surface area contributed by atoms with Crippen molar-refractivity contribution in [2.45, 2.75) is 32.1 Å². The van der Waals surface area contributed by atoms with Gasteiger partial charge in [-0.1, -0.05) is 25.1 Å². The smallest absolute Gasteiger partial charge is 0.251 e. The number of benzene rings is 1. The summed E-state index contributed by atoms with van der Waals surface area (Å²) in [5, 5.41) is 6.99. The molecule has 1 aliphatic rings. The van der Waals surface area contributed by atoms with Crippen molar-refractivity contribution in [3.63, 3.8) is 0 Å². The van der Waals surface area contributed by atoms with E-state index >= 15 is 0 Å². The number of nitrogens with zero attached hydrogens (tertiary/aromatic N) is 4. The topological polar surface area (TPSA) is 102 Å². The zero-order chi connectivity index (χ0) is 24.9. The summed E-state index contributed by atoms with van der Waals surface area (Å²) in [6, 6.07) is 13.6. The van der Waals surface area contributed by atoms with Crippen LogP contribution >= 0.6 is 0 Å². The number of carbonyl (C=O) groups excluding carboxylic acids is 1. The standard InChI is InChI=1S/C28H30N6O2/c1-18(21-4-3-5-22-23(28(35)29-2)11-13-31-27(21)22)10-12-30-25-14-24(33-17-34-25)20-8-9-26(32-15-20)36-16-19-6-7-19/h3-5,8-9,11,13-15,17-19H,6-7,10,12,16H2,1-2H3,(H,29,35)(H,30,33,34). The molecule has 4 aromatic rings. The first kappa shape index (κ1) is 23.7. The molecular formula is C28H30N6O2. The fourth-order valence-electron chi connectivity index (χ4n) is 4.22. The third kappa shape index (κ3) is 5.43. The van der Waals surface area contributed by atoms with E-state index in [2.05, 4.69) is 43.6 Å². The van der Waals surface area contributed by atoms with Gasteiger partial charge in [-0.15, -0.1) is 0 Å². The van der Waals surface area contributed by atoms with Crippen molar-refractivity contribution >= 4 is 22.6 Å². The Kier molecular flexibility index (Phi) is 7.02. The molecule has 1 aromatic carbocycles. The molecule has 184 valence electrons. The van der Waals surface area contributed by atoms with Crippen molar-refractivity contribution in [2.75, 3.05) is 25.5 Å². The average molecular weight is 483 g/mol. The zero-order valence-electron chi connectivity index (χ0n) is 20.6. The summed E-state index contributed by atoms with van der Waals surface area (Å²) in [5.74, 6) is 2.24. The van der Waals surface area contributed by atoms with E-state index in [0.29, 0.717) is 17.4 Å². The van der Waals surface area contributed by atoms with E-state index in [-0.39, 0.29) is 11.8 Å². The summed E-state index contributed by atoms with van der Waals surface area (Å²) >= 11 is 0. The van der Waals surface area contributed by atoms with E-state index in [0.717, 1.165) is 53.1 Å². The lowest BCUT2D eigenvalue weighted by Gasteiger charge is -2.16. The molecule has 5 rings (SSSR count). The number of anilines is 1. The number of carbonyl (C=O) groups is 1. The van der Waals surface area contributed by atoms with Crippen LogP contribution in [0.5, 0.6) is 5.88 Å². The molecule has 0 saturated heterocycles. The van der Waals surface area contributed by atoms with Crippen LogP contribution in [0.3, 0.4) is 0 Å². The molecule has 3 heterocycles. The summed E-state index contributed by atoms with van der Waals surface area (Å²) in [5.41, 5.74) is 4.36. The number of hydrogen-bond acceptors (Lipinski definition) is 7. The molecular weight excluding hydrogens is 452 g/mol. The lowest BCUT2D eigenvalue weighted by atomic mass is 9.94. The van der Waals surface area contributed by atoms with Gasteiger partial charge in [0.2, 0.25) is 5.88 Å². The number of amides is 1. The SMILES string of the molecule is CNC(=O)c1ccnc2c(C(C)CCNc3cc(-c4ccc(OCC5CC5)nc4)ncn3)cccc12. The molecule has 8 nitrogen and oxygen atoms in total. The molecule has 0 radical (unpaired) electrons. The van der Waals surface area contributed by atoms with E-state index in [9.17, 15) is 4.79 Å². The zero-order valence-corrected chi connectivity index (χ0v) is 20.6. The molecule has 36 heavy (non-hydrogen) atoms. The lowest BCUT2D eigenvalue weighted by molar-refractivity contribution is 0.0964. The number of rotatable bonds is 10. The van der Waals surface area contributed by atoms with Crippen LogP contribution in [0.1, 0.15) is 48.0 Å². The van der Waals surface area contributed by atoms with Crippen molar-refractivity contribution in [3.8, 4) is 17.1 Å². The van der Waals surface area contributed by atoms with E-state index in [1.54, 1.807) is 31.8 Å². The molecule has 2 N–H and O–H groups in total. The van der Waals surface area contributed by atoms with E-state index in [1.807, 2.05) is 30.3 Å². The normalized spacial score (nSPS) is 13.8. The number of pyridine rings is 2. The van der Waals surface area contributed by atoms with Gasteiger partial charge in [-0.25, -0.2) is 15.0 Å². The molecule has 8 heteroatoms. The highest BCUT2D eigenvalue weighted by molar-refractivity contribution is 6.06. The molecule has 1 amide bonds. The van der Waals surface area contributed by atoms with Crippen molar-refractivity contribution in [1.82, 2.24) is 25.3 Å². The summed E-state index contributed by atoms with van der Waals surface area (Å²) in [4.78, 5) is 30.0. The van der Waals surface area contributed by atoms with Crippen molar-refractivity contribution in [1.29, 1.82) is 0 Å². The minimum absolute atomic E-state index is 0.107. The minimum Gasteiger partial charge on any atom is -0.477 e. The Morgan fingerprint density at radius 1 is 1.11 bits per heavy atom. The van der Waals surface area contributed by atoms with Gasteiger partial charge in [-0.3, -0.25) is 9.78 Å². The molecule has 0 aliphatic heterocycles. The highest BCUT2D eigenvalue weighted by Gasteiger charge is 2.22. The monoisotopic (exact) mass is 482 g/mol. The molecule has 1 fully saturated rings. The van der Waals surface area contributed by atoms with Crippen LogP contribution in [-0.4, -0.2) is 46.0 Å². The van der Waals surface area contributed by atoms with Gasteiger partial charge in [0.1, 0.15) is 12.1 Å². The van der Waals surface area contributed by atoms with Gasteiger partial charge in [0.05, 0.1) is 23.4 Å². The quantitative estimate of drug-likeness (QED) is 0.333. The Morgan fingerprint density at radius 2 is 2.00 bits per heavy atom. The summed E-state index contributed by atoms with van der Waals surface area (Å²) in [6.45, 7) is 3.65. The number of aromatic nitrogens is 4. The van der Waals surface area contributed by atoms with Gasteiger partial charge < -0.3 is 15.4 Å². The van der Waals surface area contributed by atoms with Crippen LogP contribution in [0.25, 0.3) is 22.2 Å². The van der Waals surface area contributed by atoms with Gasteiger partial charge in [0.25, 0.3) is 5.91 Å². The molecule has 1 aliphatic carbocycles. The molecule has 1 saturated carbocycles. The molecule has 0 spiro atoms. The van der Waals surface area contributed by atoms with E-state index in [1.165, 1.54) is 12.8 Å². The van der Waals surface area contributed by atoms with Gasteiger partial charge in [0.15, 0.2) is 0 Å². The minimum atomic E-state index is -0.107. The molecule has 3 aromatic heterocycles. The third-order valence-electron chi connectivity index (χ3n) is 6.55. The van der Waals surface area contributed by atoms with Gasteiger partial charge in [0, 0.05) is 49.1 Å². The Bertz CT molecular complexity index is 1350. The lowest BCUT2D eigenvalue weighted by Crippen LogP contribution is -2.18. The average Bonchev–Trinajstić information content (AvgIpc) is 3.76. The Hall–Kier alpha value is -4.07. The number of nitrogens with one attached hydrogen (secondary N) is 2. The molecule has 0 bridgehead atoms. The number of para-hydroxylation sites is 1. The second kappa shape index (κ2) is 10.7. The number of fused-ring (bicyclic) bond motifs is 1. The van der Waals surface area contributed by atoms with Crippen molar-refractivity contribution in [3.05, 3.63) is 72.3 Å². The van der Waals surface area contributed by atoms with Crippen LogP contribution in [0.4, 0.5) is 5.82 Å². The van der Waals surface area contributed by atoms with E-state index in [4.69, 9.17) is 4.74 Å². The highest BCUT2D eigenvalue weighted by Crippen LogP contribution is 2.30. The Balaban J connectivity index is 1.22. The predicted molar refractivity (Wildman–Crippen MR) is 140 cm³/mol. The van der Waals surface area contributed by atoms with Crippen LogP contribution in [0.15, 0.2) is 61.2 Å². The predicted octanol–water partition coefficient (Wildman–Crippen LogP) is 4.84. The summed E-state index contributed by atoms with van der Waals surface area (Å²) in [6.07, 6.45) is 8.43. The van der Waals surface area contributed by atoms with Gasteiger partial charge in [-0.05, 0) is 48.8 Å². The van der Waals surface area contributed by atoms with Crippen molar-refractivity contribution < 1.29 is 9.53 Å². The summed E-state index contributed by atoms with van der Waals surface area (Å²) in [7, 11) is 1.64. The maximum absolute atomic E-state index is 12.3. The van der Waals surface area contributed by atoms with Crippen LogP contribution in [0.2, 0.25) is 0 Å². The van der Waals surface area contributed by atoms with Gasteiger partial charge in [-0.2, -0.15) is 0 Å². The third-order valence-corrected chi connectivity index (χ3v) is 6.55. The van der Waals surface area contributed by atoms with Gasteiger partial charge >= 0.3 is 0 Å². The maximum Gasteiger partial charge on any atom is 0.251 e. The maximum atomic E-state index is 12.3. The highest BCUT2D eigenvalue weighted by atomic mass is 16.5. The largest absolute Gasteiger partial charge is 0.477 e. The van der Waals surface area contributed by atoms with Crippen LogP contribution in [-0.2, 0) is 0 Å². The first-order valence-corrected chi connectivity index (χ1v) is 12.4. The summed E-state index contributed by atoms with van der Waals surface area (Å²) < 4.78 is 5.73.